The SMILES string of the molecule is CCOC(=O)C(C)C(=O)COc1ccc(CC)cc1. The highest BCUT2D eigenvalue weighted by Gasteiger charge is 2.22. The van der Waals surface area contributed by atoms with Gasteiger partial charge in [0.15, 0.2) is 5.78 Å². The van der Waals surface area contributed by atoms with E-state index < -0.39 is 11.9 Å². The summed E-state index contributed by atoms with van der Waals surface area (Å²) >= 11 is 0. The number of benzene rings is 1. The summed E-state index contributed by atoms with van der Waals surface area (Å²) in [6.45, 7) is 5.46. The molecule has 1 rings (SSSR count). The van der Waals surface area contributed by atoms with Gasteiger partial charge in [0.1, 0.15) is 18.3 Å². The normalized spacial score (nSPS) is 11.7. The van der Waals surface area contributed by atoms with Crippen LogP contribution in [0.4, 0.5) is 0 Å². The van der Waals surface area contributed by atoms with Gasteiger partial charge in [0.25, 0.3) is 0 Å². The van der Waals surface area contributed by atoms with Gasteiger partial charge in [0.2, 0.25) is 0 Å². The maximum atomic E-state index is 11.7. The first-order valence-corrected chi connectivity index (χ1v) is 6.49. The van der Waals surface area contributed by atoms with E-state index in [0.717, 1.165) is 6.42 Å². The van der Waals surface area contributed by atoms with Gasteiger partial charge in [-0.3, -0.25) is 9.59 Å². The average Bonchev–Trinajstić information content (AvgIpc) is 2.44. The molecule has 19 heavy (non-hydrogen) atoms. The minimum atomic E-state index is -0.783. The zero-order valence-corrected chi connectivity index (χ0v) is 11.6. The van der Waals surface area contributed by atoms with Crippen LogP contribution in [-0.4, -0.2) is 25.0 Å². The van der Waals surface area contributed by atoms with Crippen LogP contribution < -0.4 is 4.74 Å². The smallest absolute Gasteiger partial charge is 0.316 e. The van der Waals surface area contributed by atoms with Gasteiger partial charge in [0, 0.05) is 0 Å². The van der Waals surface area contributed by atoms with Crippen LogP contribution in [0.2, 0.25) is 0 Å². The van der Waals surface area contributed by atoms with Gasteiger partial charge in [-0.15, -0.1) is 0 Å². The molecule has 104 valence electrons. The van der Waals surface area contributed by atoms with Gasteiger partial charge < -0.3 is 9.47 Å². The maximum absolute atomic E-state index is 11.7. The first-order chi connectivity index (χ1) is 9.08. The number of rotatable bonds is 7. The van der Waals surface area contributed by atoms with Crippen molar-refractivity contribution in [1.29, 1.82) is 0 Å². The fraction of sp³-hybridized carbons (Fsp3) is 0.467. The largest absolute Gasteiger partial charge is 0.486 e. The lowest BCUT2D eigenvalue weighted by Crippen LogP contribution is -2.27. The molecule has 4 heteroatoms. The third-order valence-electron chi connectivity index (χ3n) is 2.84. The van der Waals surface area contributed by atoms with E-state index in [2.05, 4.69) is 6.92 Å². The Kier molecular flexibility index (Phi) is 6.06. The van der Waals surface area contributed by atoms with E-state index in [1.165, 1.54) is 12.5 Å². The Morgan fingerprint density at radius 3 is 2.32 bits per heavy atom. The molecular weight excluding hydrogens is 244 g/mol. The van der Waals surface area contributed by atoms with Gasteiger partial charge in [-0.2, -0.15) is 0 Å². The van der Waals surface area contributed by atoms with Crippen molar-refractivity contribution < 1.29 is 19.1 Å². The van der Waals surface area contributed by atoms with Crippen LogP contribution in [0, 0.1) is 5.92 Å². The summed E-state index contributed by atoms with van der Waals surface area (Å²) in [7, 11) is 0. The summed E-state index contributed by atoms with van der Waals surface area (Å²) in [6, 6.07) is 7.55. The molecule has 0 aliphatic carbocycles. The van der Waals surface area contributed by atoms with E-state index in [1.54, 1.807) is 6.92 Å². The fourth-order valence-electron chi connectivity index (χ4n) is 1.50. The number of aryl methyl sites for hydroxylation is 1. The number of carbonyl (C=O) groups is 2. The fourth-order valence-corrected chi connectivity index (χ4v) is 1.50. The van der Waals surface area contributed by atoms with Crippen molar-refractivity contribution in [2.45, 2.75) is 27.2 Å². The molecule has 0 fully saturated rings. The van der Waals surface area contributed by atoms with E-state index in [9.17, 15) is 9.59 Å². The highest BCUT2D eigenvalue weighted by Crippen LogP contribution is 2.13. The van der Waals surface area contributed by atoms with Crippen molar-refractivity contribution in [3.05, 3.63) is 29.8 Å². The molecule has 0 radical (unpaired) electrons. The Labute approximate surface area is 113 Å². The summed E-state index contributed by atoms with van der Waals surface area (Å²) in [5, 5.41) is 0. The molecule has 0 bridgehead atoms. The van der Waals surface area contributed by atoms with Gasteiger partial charge in [-0.05, 0) is 38.0 Å². The van der Waals surface area contributed by atoms with Crippen LogP contribution in [0.1, 0.15) is 26.3 Å². The van der Waals surface area contributed by atoms with Crippen molar-refractivity contribution in [1.82, 2.24) is 0 Å². The third kappa shape index (κ3) is 4.73. The van der Waals surface area contributed by atoms with Crippen molar-refractivity contribution in [2.75, 3.05) is 13.2 Å². The molecule has 4 nitrogen and oxygen atoms in total. The van der Waals surface area contributed by atoms with Crippen molar-refractivity contribution in [2.24, 2.45) is 5.92 Å². The Morgan fingerprint density at radius 1 is 1.16 bits per heavy atom. The second-order valence-electron chi connectivity index (χ2n) is 4.23. The predicted octanol–water partition coefficient (Wildman–Crippen LogP) is 2.40. The number of ether oxygens (including phenoxy) is 2. The maximum Gasteiger partial charge on any atom is 0.316 e. The molecule has 1 aromatic carbocycles. The molecule has 0 amide bonds. The zero-order chi connectivity index (χ0) is 14.3. The van der Waals surface area contributed by atoms with E-state index in [-0.39, 0.29) is 19.0 Å². The van der Waals surface area contributed by atoms with Crippen molar-refractivity contribution in [3.8, 4) is 5.75 Å². The van der Waals surface area contributed by atoms with E-state index in [0.29, 0.717) is 5.75 Å². The molecule has 0 spiro atoms. The van der Waals surface area contributed by atoms with Crippen molar-refractivity contribution >= 4 is 11.8 Å². The molecule has 1 atom stereocenters. The first-order valence-electron chi connectivity index (χ1n) is 6.49. The summed E-state index contributed by atoms with van der Waals surface area (Å²) in [5.74, 6) is -0.938. The predicted molar refractivity (Wildman–Crippen MR) is 72.1 cm³/mol. The topological polar surface area (TPSA) is 52.6 Å². The number of hydrogen-bond acceptors (Lipinski definition) is 4. The molecule has 0 aliphatic heterocycles. The van der Waals surface area contributed by atoms with E-state index in [4.69, 9.17) is 9.47 Å². The lowest BCUT2D eigenvalue weighted by atomic mass is 10.1. The summed E-state index contributed by atoms with van der Waals surface area (Å²) < 4.78 is 10.2. The standard InChI is InChI=1S/C15H20O4/c1-4-12-6-8-13(9-7-12)19-10-14(16)11(3)15(17)18-5-2/h6-9,11H,4-5,10H2,1-3H3. The monoisotopic (exact) mass is 264 g/mol. The van der Waals surface area contributed by atoms with Gasteiger partial charge in [-0.25, -0.2) is 0 Å². The highest BCUT2D eigenvalue weighted by atomic mass is 16.5. The molecular formula is C15H20O4. The van der Waals surface area contributed by atoms with Crippen LogP contribution in [0.5, 0.6) is 5.75 Å². The number of esters is 1. The Morgan fingerprint density at radius 2 is 1.79 bits per heavy atom. The second kappa shape index (κ2) is 7.56. The van der Waals surface area contributed by atoms with Crippen LogP contribution in [-0.2, 0) is 20.7 Å². The zero-order valence-electron chi connectivity index (χ0n) is 11.6. The van der Waals surface area contributed by atoms with Gasteiger partial charge >= 0.3 is 5.97 Å². The quantitative estimate of drug-likeness (QED) is 0.560. The first kappa shape index (κ1) is 15.2. The number of carbonyl (C=O) groups excluding carboxylic acids is 2. The molecule has 0 saturated carbocycles. The molecule has 0 saturated heterocycles. The molecule has 0 aromatic heterocycles. The van der Waals surface area contributed by atoms with Crippen LogP contribution >= 0.6 is 0 Å². The minimum absolute atomic E-state index is 0.120. The second-order valence-corrected chi connectivity index (χ2v) is 4.23. The number of Topliss-reactive ketones (excluding diaryl/α,β-unsaturated/α-hetero) is 1. The molecule has 0 heterocycles. The Hall–Kier alpha value is -1.84. The highest BCUT2D eigenvalue weighted by molar-refractivity contribution is 5.99. The Bertz CT molecular complexity index is 422. The van der Waals surface area contributed by atoms with E-state index in [1.807, 2.05) is 24.3 Å². The molecule has 1 aromatic rings. The minimum Gasteiger partial charge on any atom is -0.486 e. The number of ketones is 1. The third-order valence-corrected chi connectivity index (χ3v) is 2.84. The van der Waals surface area contributed by atoms with Crippen LogP contribution in [0.3, 0.4) is 0 Å². The summed E-state index contributed by atoms with van der Waals surface area (Å²) in [4.78, 5) is 23.1. The summed E-state index contributed by atoms with van der Waals surface area (Å²) in [5.41, 5.74) is 1.21. The van der Waals surface area contributed by atoms with Crippen LogP contribution in [0.25, 0.3) is 0 Å². The summed E-state index contributed by atoms with van der Waals surface area (Å²) in [6.07, 6.45) is 0.957. The Balaban J connectivity index is 2.46. The molecule has 0 aliphatic rings. The average molecular weight is 264 g/mol. The lowest BCUT2D eigenvalue weighted by Gasteiger charge is -2.10. The van der Waals surface area contributed by atoms with Gasteiger partial charge in [-0.1, -0.05) is 19.1 Å². The van der Waals surface area contributed by atoms with Crippen LogP contribution in [0.15, 0.2) is 24.3 Å². The van der Waals surface area contributed by atoms with E-state index >= 15 is 0 Å². The number of hydrogen-bond donors (Lipinski definition) is 0. The molecule has 0 N–H and O–H groups in total. The van der Waals surface area contributed by atoms with Gasteiger partial charge in [0.05, 0.1) is 6.61 Å². The van der Waals surface area contributed by atoms with Crippen molar-refractivity contribution in [3.63, 3.8) is 0 Å². The lowest BCUT2D eigenvalue weighted by molar-refractivity contribution is -0.151. The molecule has 1 unspecified atom stereocenters.